The number of carbonyl (C=O) groups is 1. The van der Waals surface area contributed by atoms with Gasteiger partial charge in [-0.2, -0.15) is 0 Å². The van der Waals surface area contributed by atoms with Gasteiger partial charge in [-0.25, -0.2) is 0 Å². The van der Waals surface area contributed by atoms with Crippen molar-refractivity contribution in [3.05, 3.63) is 18.2 Å². The molecule has 0 spiro atoms. The Kier molecular flexibility index (Phi) is 2.50. The molecule has 86 valence electrons. The summed E-state index contributed by atoms with van der Waals surface area (Å²) >= 11 is 0. The molecule has 0 saturated heterocycles. The zero-order valence-corrected chi connectivity index (χ0v) is 9.77. The predicted molar refractivity (Wildman–Crippen MR) is 64.0 cm³/mol. The first-order valence-electron chi connectivity index (χ1n) is 5.33. The number of amides is 1. The molecule has 0 radical (unpaired) electrons. The van der Waals surface area contributed by atoms with E-state index in [1.165, 1.54) is 0 Å². The minimum atomic E-state index is 0.101. The summed E-state index contributed by atoms with van der Waals surface area (Å²) in [4.78, 5) is 15.5. The van der Waals surface area contributed by atoms with E-state index >= 15 is 0 Å². The molecular weight excluding hydrogens is 204 g/mol. The fourth-order valence-electron chi connectivity index (χ4n) is 1.98. The molecule has 0 fully saturated rings. The Morgan fingerprint density at radius 2 is 2.00 bits per heavy atom. The fraction of sp³-hybridized carbons (Fsp3) is 0.417. The number of rotatable bonds is 0. The van der Waals surface area contributed by atoms with Gasteiger partial charge in [-0.15, -0.1) is 0 Å². The lowest BCUT2D eigenvalue weighted by Crippen LogP contribution is -2.31. The Morgan fingerprint density at radius 3 is 2.69 bits per heavy atom. The van der Waals surface area contributed by atoms with Crippen LogP contribution in [0.25, 0.3) is 0 Å². The summed E-state index contributed by atoms with van der Waals surface area (Å²) < 4.78 is 0. The van der Waals surface area contributed by atoms with Gasteiger partial charge in [0.1, 0.15) is 5.75 Å². The van der Waals surface area contributed by atoms with E-state index in [9.17, 15) is 9.90 Å². The molecule has 4 heteroatoms. The van der Waals surface area contributed by atoms with Gasteiger partial charge in [0.15, 0.2) is 0 Å². The summed E-state index contributed by atoms with van der Waals surface area (Å²) in [5.41, 5.74) is 1.73. The molecule has 1 aromatic rings. The third-order valence-electron chi connectivity index (χ3n) is 3.21. The van der Waals surface area contributed by atoms with E-state index in [1.807, 2.05) is 18.9 Å². The second-order valence-corrected chi connectivity index (χ2v) is 4.29. The van der Waals surface area contributed by atoms with E-state index in [2.05, 4.69) is 0 Å². The van der Waals surface area contributed by atoms with Crippen molar-refractivity contribution in [2.75, 3.05) is 23.9 Å². The molecule has 1 aromatic carbocycles. The fourth-order valence-corrected chi connectivity index (χ4v) is 1.98. The Labute approximate surface area is 95.1 Å². The standard InChI is InChI=1S/C12H16N2O2/c1-8-6-12(16)14(3)10-5-4-9(15)7-11(10)13(8)2/h4-5,7-8,15H,6H2,1-3H3/t8-/m0/s1. The Balaban J connectivity index is 2.57. The predicted octanol–water partition coefficient (Wildman–Crippen LogP) is 1.58. The minimum absolute atomic E-state index is 0.101. The zero-order valence-electron chi connectivity index (χ0n) is 9.77. The van der Waals surface area contributed by atoms with Crippen LogP contribution in [0.1, 0.15) is 13.3 Å². The van der Waals surface area contributed by atoms with E-state index in [4.69, 9.17) is 0 Å². The van der Waals surface area contributed by atoms with Crippen molar-refractivity contribution in [3.8, 4) is 5.75 Å². The molecule has 4 nitrogen and oxygen atoms in total. The van der Waals surface area contributed by atoms with E-state index in [-0.39, 0.29) is 17.7 Å². The van der Waals surface area contributed by atoms with Crippen LogP contribution in [0.5, 0.6) is 5.75 Å². The molecule has 16 heavy (non-hydrogen) atoms. The van der Waals surface area contributed by atoms with Crippen LogP contribution in [0, 0.1) is 0 Å². The van der Waals surface area contributed by atoms with Crippen molar-refractivity contribution in [2.45, 2.75) is 19.4 Å². The number of hydrogen-bond acceptors (Lipinski definition) is 3. The monoisotopic (exact) mass is 220 g/mol. The van der Waals surface area contributed by atoms with Crippen LogP contribution in [0.2, 0.25) is 0 Å². The maximum Gasteiger partial charge on any atom is 0.228 e. The Morgan fingerprint density at radius 1 is 1.31 bits per heavy atom. The second kappa shape index (κ2) is 3.70. The van der Waals surface area contributed by atoms with Gasteiger partial charge >= 0.3 is 0 Å². The topological polar surface area (TPSA) is 43.8 Å². The molecule has 1 heterocycles. The van der Waals surface area contributed by atoms with Crippen LogP contribution in [0.3, 0.4) is 0 Å². The first-order chi connectivity index (χ1) is 7.50. The summed E-state index contributed by atoms with van der Waals surface area (Å²) in [7, 11) is 3.71. The largest absolute Gasteiger partial charge is 0.508 e. The van der Waals surface area contributed by atoms with Crippen molar-refractivity contribution in [1.29, 1.82) is 0 Å². The van der Waals surface area contributed by atoms with Gasteiger partial charge < -0.3 is 14.9 Å². The molecule has 0 bridgehead atoms. The molecular formula is C12H16N2O2. The van der Waals surface area contributed by atoms with Crippen LogP contribution in [0.4, 0.5) is 11.4 Å². The average molecular weight is 220 g/mol. The number of carbonyl (C=O) groups excluding carboxylic acids is 1. The minimum Gasteiger partial charge on any atom is -0.508 e. The van der Waals surface area contributed by atoms with E-state index < -0.39 is 0 Å². The van der Waals surface area contributed by atoms with Crippen LogP contribution >= 0.6 is 0 Å². The lowest BCUT2D eigenvalue weighted by Gasteiger charge is -2.25. The normalized spacial score (nSPS) is 20.7. The molecule has 0 unspecified atom stereocenters. The van der Waals surface area contributed by atoms with Crippen LogP contribution in [-0.2, 0) is 4.79 Å². The lowest BCUT2D eigenvalue weighted by molar-refractivity contribution is -0.118. The zero-order chi connectivity index (χ0) is 11.9. The van der Waals surface area contributed by atoms with Gasteiger partial charge in [-0.05, 0) is 19.1 Å². The molecule has 1 N–H and O–H groups in total. The Bertz CT molecular complexity index is 431. The van der Waals surface area contributed by atoms with Crippen LogP contribution in [0.15, 0.2) is 18.2 Å². The number of aromatic hydroxyl groups is 1. The summed E-state index contributed by atoms with van der Waals surface area (Å²) in [6, 6.07) is 5.21. The maximum absolute atomic E-state index is 11.9. The van der Waals surface area contributed by atoms with Crippen LogP contribution in [-0.4, -0.2) is 31.2 Å². The number of hydrogen-bond donors (Lipinski definition) is 1. The van der Waals surface area contributed by atoms with Crippen LogP contribution < -0.4 is 9.80 Å². The number of nitrogens with zero attached hydrogens (tertiary/aromatic N) is 2. The van der Waals surface area contributed by atoms with Crippen molar-refractivity contribution in [2.24, 2.45) is 0 Å². The van der Waals surface area contributed by atoms with E-state index in [1.54, 1.807) is 30.1 Å². The van der Waals surface area contributed by atoms with Crippen molar-refractivity contribution < 1.29 is 9.90 Å². The smallest absolute Gasteiger partial charge is 0.228 e. The first-order valence-corrected chi connectivity index (χ1v) is 5.33. The number of anilines is 2. The molecule has 0 aromatic heterocycles. The van der Waals surface area contributed by atoms with Gasteiger partial charge in [0.2, 0.25) is 5.91 Å². The van der Waals surface area contributed by atoms with Gasteiger partial charge in [-0.1, -0.05) is 0 Å². The van der Waals surface area contributed by atoms with Crippen molar-refractivity contribution in [3.63, 3.8) is 0 Å². The third kappa shape index (κ3) is 1.60. The SMILES string of the molecule is C[C@H]1CC(=O)N(C)c2ccc(O)cc2N1C. The molecule has 1 aliphatic heterocycles. The molecule has 1 aliphatic rings. The number of phenolic OH excluding ortho intramolecular Hbond substituents is 1. The summed E-state index contributed by atoms with van der Waals surface area (Å²) in [5, 5.41) is 9.51. The van der Waals surface area contributed by atoms with Crippen molar-refractivity contribution in [1.82, 2.24) is 0 Å². The van der Waals surface area contributed by atoms with Crippen molar-refractivity contribution >= 4 is 17.3 Å². The van der Waals surface area contributed by atoms with E-state index in [0.29, 0.717) is 6.42 Å². The summed E-state index contributed by atoms with van der Waals surface area (Å²) in [5.74, 6) is 0.323. The summed E-state index contributed by atoms with van der Waals surface area (Å²) in [6.07, 6.45) is 0.489. The highest BCUT2D eigenvalue weighted by atomic mass is 16.3. The molecule has 2 rings (SSSR count). The highest BCUT2D eigenvalue weighted by Gasteiger charge is 2.26. The second-order valence-electron chi connectivity index (χ2n) is 4.29. The van der Waals surface area contributed by atoms with Gasteiger partial charge in [0, 0.05) is 32.6 Å². The van der Waals surface area contributed by atoms with Gasteiger partial charge in [0.05, 0.1) is 11.4 Å². The Hall–Kier alpha value is -1.71. The quantitative estimate of drug-likeness (QED) is 0.722. The van der Waals surface area contributed by atoms with Gasteiger partial charge in [-0.3, -0.25) is 4.79 Å². The average Bonchev–Trinajstić information content (AvgIpc) is 2.32. The molecule has 0 aliphatic carbocycles. The van der Waals surface area contributed by atoms with E-state index in [0.717, 1.165) is 11.4 Å². The molecule has 1 amide bonds. The number of benzene rings is 1. The first kappa shape index (κ1) is 10.8. The summed E-state index contributed by atoms with van der Waals surface area (Å²) in [6.45, 7) is 2.00. The molecule has 1 atom stereocenters. The highest BCUT2D eigenvalue weighted by molar-refractivity contribution is 5.98. The number of phenols is 1. The lowest BCUT2D eigenvalue weighted by atomic mass is 10.2. The molecule has 0 saturated carbocycles. The third-order valence-corrected chi connectivity index (χ3v) is 3.21. The highest BCUT2D eigenvalue weighted by Crippen LogP contribution is 2.35. The van der Waals surface area contributed by atoms with Gasteiger partial charge in [0.25, 0.3) is 0 Å². The maximum atomic E-state index is 11.9. The number of fused-ring (bicyclic) bond motifs is 1.